The summed E-state index contributed by atoms with van der Waals surface area (Å²) < 4.78 is 6.63. The second kappa shape index (κ2) is 5.71. The number of fused-ring (bicyclic) bond motifs is 1. The van der Waals surface area contributed by atoms with E-state index in [0.717, 1.165) is 22.2 Å². The van der Waals surface area contributed by atoms with Crippen molar-refractivity contribution in [1.29, 1.82) is 0 Å². The number of carbonyl (C=O) groups is 1. The maximum absolute atomic E-state index is 11.6. The lowest BCUT2D eigenvalue weighted by Crippen LogP contribution is -2.36. The van der Waals surface area contributed by atoms with E-state index in [2.05, 4.69) is 21.2 Å². The van der Waals surface area contributed by atoms with Crippen molar-refractivity contribution >= 4 is 21.8 Å². The van der Waals surface area contributed by atoms with Crippen LogP contribution in [0.5, 0.6) is 5.75 Å². The van der Waals surface area contributed by atoms with Crippen molar-refractivity contribution in [2.24, 2.45) is 0 Å². The largest absolute Gasteiger partial charge is 0.493 e. The number of nitrogens with zero attached hydrogens (tertiary/aromatic N) is 1. The van der Waals surface area contributed by atoms with Crippen LogP contribution in [0.15, 0.2) is 22.7 Å². The van der Waals surface area contributed by atoms with E-state index in [1.165, 1.54) is 0 Å². The average Bonchev–Trinajstić information content (AvgIpc) is 2.35. The molecule has 0 aliphatic carbocycles. The summed E-state index contributed by atoms with van der Waals surface area (Å²) in [5.41, 5.74) is 1.11. The van der Waals surface area contributed by atoms with E-state index in [1.54, 1.807) is 19.0 Å². The summed E-state index contributed by atoms with van der Waals surface area (Å²) in [7, 11) is 3.52. The van der Waals surface area contributed by atoms with Crippen molar-refractivity contribution < 1.29 is 9.53 Å². The molecule has 0 saturated carbocycles. The molecule has 1 aliphatic heterocycles. The van der Waals surface area contributed by atoms with E-state index < -0.39 is 0 Å². The van der Waals surface area contributed by atoms with Gasteiger partial charge in [-0.3, -0.25) is 4.79 Å². The van der Waals surface area contributed by atoms with Crippen molar-refractivity contribution in [3.8, 4) is 5.75 Å². The van der Waals surface area contributed by atoms with Gasteiger partial charge in [0.2, 0.25) is 5.91 Å². The van der Waals surface area contributed by atoms with Gasteiger partial charge < -0.3 is 15.0 Å². The summed E-state index contributed by atoms with van der Waals surface area (Å²) in [6.07, 6.45) is 0.879. The monoisotopic (exact) mass is 312 g/mol. The van der Waals surface area contributed by atoms with Gasteiger partial charge in [-0.25, -0.2) is 0 Å². The van der Waals surface area contributed by atoms with Gasteiger partial charge in [0, 0.05) is 36.6 Å². The minimum absolute atomic E-state index is 0.0815. The van der Waals surface area contributed by atoms with E-state index in [1.807, 2.05) is 18.2 Å². The Kier molecular flexibility index (Phi) is 4.24. The first-order valence-electron chi connectivity index (χ1n) is 5.93. The molecule has 1 atom stereocenters. The summed E-state index contributed by atoms with van der Waals surface area (Å²) in [4.78, 5) is 13.2. The molecule has 98 valence electrons. The van der Waals surface area contributed by atoms with Gasteiger partial charge in [-0.05, 0) is 18.2 Å². The fourth-order valence-corrected chi connectivity index (χ4v) is 2.32. The average molecular weight is 313 g/mol. The Bertz CT molecular complexity index is 449. The number of carbonyl (C=O) groups excluding carboxylic acids is 1. The Morgan fingerprint density at radius 2 is 2.33 bits per heavy atom. The van der Waals surface area contributed by atoms with Crippen LogP contribution >= 0.6 is 15.9 Å². The van der Waals surface area contributed by atoms with Crippen LogP contribution in [-0.2, 0) is 4.79 Å². The lowest BCUT2D eigenvalue weighted by atomic mass is 10.0. The van der Waals surface area contributed by atoms with E-state index in [-0.39, 0.29) is 11.9 Å². The zero-order valence-electron chi connectivity index (χ0n) is 10.6. The first-order valence-corrected chi connectivity index (χ1v) is 6.73. The van der Waals surface area contributed by atoms with E-state index >= 15 is 0 Å². The van der Waals surface area contributed by atoms with Crippen molar-refractivity contribution in [2.75, 3.05) is 27.2 Å². The second-order valence-electron chi connectivity index (χ2n) is 4.54. The first kappa shape index (κ1) is 13.4. The van der Waals surface area contributed by atoms with Crippen LogP contribution in [0.3, 0.4) is 0 Å². The SMILES string of the molecule is CN(C)C(=O)CNC1CCOc2ccc(Br)cc21. The molecule has 1 aliphatic rings. The fourth-order valence-electron chi connectivity index (χ4n) is 1.95. The molecule has 0 aromatic heterocycles. The highest BCUT2D eigenvalue weighted by Gasteiger charge is 2.22. The van der Waals surface area contributed by atoms with Crippen LogP contribution in [0.1, 0.15) is 18.0 Å². The molecule has 0 spiro atoms. The smallest absolute Gasteiger partial charge is 0.236 e. The van der Waals surface area contributed by atoms with Crippen molar-refractivity contribution in [2.45, 2.75) is 12.5 Å². The molecule has 0 fully saturated rings. The van der Waals surface area contributed by atoms with Gasteiger partial charge in [0.05, 0.1) is 13.2 Å². The molecule has 5 heteroatoms. The normalized spacial score (nSPS) is 17.8. The van der Waals surface area contributed by atoms with Gasteiger partial charge in [-0.15, -0.1) is 0 Å². The lowest BCUT2D eigenvalue weighted by molar-refractivity contribution is -0.127. The number of likely N-dealkylation sites (N-methyl/N-ethyl adjacent to an activating group) is 1. The summed E-state index contributed by atoms with van der Waals surface area (Å²) in [5.74, 6) is 0.984. The standard InChI is InChI=1S/C13H17BrN2O2/c1-16(2)13(17)8-15-11-5-6-18-12-4-3-9(14)7-10(11)12/h3-4,7,11,15H,5-6,8H2,1-2H3. The molecule has 4 nitrogen and oxygen atoms in total. The van der Waals surface area contributed by atoms with Crippen LogP contribution in [0.25, 0.3) is 0 Å². The molecule has 18 heavy (non-hydrogen) atoms. The Morgan fingerprint density at radius 1 is 1.56 bits per heavy atom. The van der Waals surface area contributed by atoms with Gasteiger partial charge in [-0.1, -0.05) is 15.9 Å². The molecule has 1 N–H and O–H groups in total. The molecule has 0 radical (unpaired) electrons. The number of ether oxygens (including phenoxy) is 1. The van der Waals surface area contributed by atoms with Crippen molar-refractivity contribution in [1.82, 2.24) is 10.2 Å². The Balaban J connectivity index is 2.08. The predicted octanol–water partition coefficient (Wildman–Crippen LogP) is 1.95. The molecule has 1 heterocycles. The number of nitrogens with one attached hydrogen (secondary N) is 1. The first-order chi connectivity index (χ1) is 8.58. The van der Waals surface area contributed by atoms with E-state index in [4.69, 9.17) is 4.74 Å². The van der Waals surface area contributed by atoms with Crippen LogP contribution in [0.2, 0.25) is 0 Å². The second-order valence-corrected chi connectivity index (χ2v) is 5.46. The molecule has 1 aromatic carbocycles. The van der Waals surface area contributed by atoms with E-state index in [0.29, 0.717) is 13.2 Å². The maximum Gasteiger partial charge on any atom is 0.236 e. The molecule has 2 rings (SSSR count). The number of halogens is 1. The van der Waals surface area contributed by atoms with Gasteiger partial charge in [0.15, 0.2) is 0 Å². The number of rotatable bonds is 3. The van der Waals surface area contributed by atoms with Crippen LogP contribution in [0, 0.1) is 0 Å². The number of amides is 1. The maximum atomic E-state index is 11.6. The molecule has 1 amide bonds. The predicted molar refractivity (Wildman–Crippen MR) is 73.7 cm³/mol. The highest BCUT2D eigenvalue weighted by molar-refractivity contribution is 9.10. The summed E-state index contributed by atoms with van der Waals surface area (Å²) in [6.45, 7) is 1.03. The van der Waals surface area contributed by atoms with Gasteiger partial charge in [-0.2, -0.15) is 0 Å². The number of hydrogen-bond acceptors (Lipinski definition) is 3. The Morgan fingerprint density at radius 3 is 3.06 bits per heavy atom. The minimum atomic E-state index is 0.0815. The third-order valence-corrected chi connectivity index (χ3v) is 3.50. The third-order valence-electron chi connectivity index (χ3n) is 3.01. The summed E-state index contributed by atoms with van der Waals surface area (Å²) in [5, 5.41) is 3.29. The van der Waals surface area contributed by atoms with Crippen LogP contribution < -0.4 is 10.1 Å². The lowest BCUT2D eigenvalue weighted by Gasteiger charge is -2.27. The van der Waals surface area contributed by atoms with E-state index in [9.17, 15) is 4.79 Å². The van der Waals surface area contributed by atoms with Crippen LogP contribution in [-0.4, -0.2) is 38.1 Å². The highest BCUT2D eigenvalue weighted by Crippen LogP contribution is 2.33. The summed E-state index contributed by atoms with van der Waals surface area (Å²) >= 11 is 3.46. The zero-order chi connectivity index (χ0) is 13.1. The van der Waals surface area contributed by atoms with Gasteiger partial charge in [0.25, 0.3) is 0 Å². The zero-order valence-corrected chi connectivity index (χ0v) is 12.2. The molecular weight excluding hydrogens is 296 g/mol. The molecule has 1 aromatic rings. The highest BCUT2D eigenvalue weighted by atomic mass is 79.9. The third kappa shape index (κ3) is 3.03. The molecule has 0 bridgehead atoms. The molecule has 1 unspecified atom stereocenters. The summed E-state index contributed by atoms with van der Waals surface area (Å²) in [6, 6.07) is 6.15. The molecule has 0 saturated heterocycles. The van der Waals surface area contributed by atoms with Gasteiger partial charge >= 0.3 is 0 Å². The number of hydrogen-bond donors (Lipinski definition) is 1. The van der Waals surface area contributed by atoms with Gasteiger partial charge in [0.1, 0.15) is 5.75 Å². The van der Waals surface area contributed by atoms with Crippen molar-refractivity contribution in [3.05, 3.63) is 28.2 Å². The van der Waals surface area contributed by atoms with Crippen LogP contribution in [0.4, 0.5) is 0 Å². The Hall–Kier alpha value is -1.07. The fraction of sp³-hybridized carbons (Fsp3) is 0.462. The van der Waals surface area contributed by atoms with Crippen molar-refractivity contribution in [3.63, 3.8) is 0 Å². The Labute approximate surface area is 115 Å². The minimum Gasteiger partial charge on any atom is -0.493 e. The quantitative estimate of drug-likeness (QED) is 0.927. The topological polar surface area (TPSA) is 41.6 Å². The number of benzene rings is 1. The molecular formula is C13H17BrN2O2.